The first-order valence-electron chi connectivity index (χ1n) is 9.04. The highest BCUT2D eigenvalue weighted by molar-refractivity contribution is 6.04. The van der Waals surface area contributed by atoms with Crippen molar-refractivity contribution in [2.24, 2.45) is 0 Å². The quantitative estimate of drug-likeness (QED) is 0.645. The molecule has 1 amide bonds. The monoisotopic (exact) mass is 361 g/mol. The Hall–Kier alpha value is -3.34. The molecule has 0 atom stereocenters. The highest BCUT2D eigenvalue weighted by Gasteiger charge is 2.10. The number of nitrogens with zero attached hydrogens (tertiary/aromatic N) is 2. The average molecular weight is 361 g/mol. The highest BCUT2D eigenvalue weighted by atomic mass is 16.5. The van der Waals surface area contributed by atoms with Gasteiger partial charge in [-0.1, -0.05) is 18.2 Å². The number of amides is 1. The maximum Gasteiger partial charge on any atom is 0.257 e. The summed E-state index contributed by atoms with van der Waals surface area (Å²) in [5, 5.41) is 2.90. The van der Waals surface area contributed by atoms with Crippen molar-refractivity contribution in [1.82, 2.24) is 4.98 Å². The van der Waals surface area contributed by atoms with Crippen LogP contribution < -0.4 is 15.0 Å². The molecule has 0 aliphatic heterocycles. The second kappa shape index (κ2) is 8.85. The Labute approximate surface area is 159 Å². The van der Waals surface area contributed by atoms with Crippen molar-refractivity contribution in [2.45, 2.75) is 13.8 Å². The van der Waals surface area contributed by atoms with E-state index in [1.165, 1.54) is 0 Å². The molecule has 27 heavy (non-hydrogen) atoms. The second-order valence-corrected chi connectivity index (χ2v) is 6.00. The fraction of sp³-hybridized carbons (Fsp3) is 0.182. The van der Waals surface area contributed by atoms with E-state index in [9.17, 15) is 4.79 Å². The van der Waals surface area contributed by atoms with E-state index >= 15 is 0 Å². The first-order valence-corrected chi connectivity index (χ1v) is 9.04. The zero-order chi connectivity index (χ0) is 19.1. The summed E-state index contributed by atoms with van der Waals surface area (Å²) in [6.07, 6.45) is 3.36. The van der Waals surface area contributed by atoms with E-state index in [2.05, 4.69) is 29.0 Å². The molecular weight excluding hydrogens is 338 g/mol. The van der Waals surface area contributed by atoms with Crippen LogP contribution in [0.5, 0.6) is 11.5 Å². The molecule has 3 aromatic rings. The first kappa shape index (κ1) is 18.5. The maximum atomic E-state index is 12.5. The molecule has 0 aliphatic carbocycles. The Balaban J connectivity index is 1.66. The van der Waals surface area contributed by atoms with Crippen molar-refractivity contribution in [3.8, 4) is 11.5 Å². The van der Waals surface area contributed by atoms with Gasteiger partial charge in [-0.2, -0.15) is 0 Å². The number of ether oxygens (including phenoxy) is 1. The maximum absolute atomic E-state index is 12.5. The highest BCUT2D eigenvalue weighted by Crippen LogP contribution is 2.23. The Morgan fingerprint density at radius 1 is 0.963 bits per heavy atom. The molecule has 3 rings (SSSR count). The summed E-state index contributed by atoms with van der Waals surface area (Å²) in [6, 6.07) is 18.7. The lowest BCUT2D eigenvalue weighted by molar-refractivity contribution is 0.102. The summed E-state index contributed by atoms with van der Waals surface area (Å²) in [6.45, 7) is 5.89. The normalized spacial score (nSPS) is 10.3. The topological polar surface area (TPSA) is 54.5 Å². The molecule has 1 heterocycles. The fourth-order valence-electron chi connectivity index (χ4n) is 2.75. The van der Waals surface area contributed by atoms with Crippen LogP contribution in [0.2, 0.25) is 0 Å². The molecule has 0 saturated heterocycles. The third kappa shape index (κ3) is 4.85. The Morgan fingerprint density at radius 2 is 1.63 bits per heavy atom. The summed E-state index contributed by atoms with van der Waals surface area (Å²) in [7, 11) is 0. The number of anilines is 2. The van der Waals surface area contributed by atoms with Crippen molar-refractivity contribution in [3.63, 3.8) is 0 Å². The average Bonchev–Trinajstić information content (AvgIpc) is 2.71. The van der Waals surface area contributed by atoms with E-state index in [1.807, 2.05) is 60.7 Å². The van der Waals surface area contributed by atoms with Crippen molar-refractivity contribution in [1.29, 1.82) is 0 Å². The minimum Gasteiger partial charge on any atom is -0.457 e. The fourth-order valence-corrected chi connectivity index (χ4v) is 2.75. The van der Waals surface area contributed by atoms with Crippen molar-refractivity contribution in [3.05, 3.63) is 78.6 Å². The molecular formula is C22H23N3O2. The number of pyridine rings is 1. The van der Waals surface area contributed by atoms with Crippen molar-refractivity contribution < 1.29 is 9.53 Å². The van der Waals surface area contributed by atoms with Crippen LogP contribution in [0.3, 0.4) is 0 Å². The Bertz CT molecular complexity index is 876. The summed E-state index contributed by atoms with van der Waals surface area (Å²) in [5.74, 6) is 1.30. The predicted molar refractivity (Wildman–Crippen MR) is 109 cm³/mol. The van der Waals surface area contributed by atoms with E-state index in [0.717, 1.165) is 24.5 Å². The number of aromatic nitrogens is 1. The van der Waals surface area contributed by atoms with Gasteiger partial charge in [0.15, 0.2) is 0 Å². The van der Waals surface area contributed by atoms with Gasteiger partial charge in [0.25, 0.3) is 5.91 Å². The molecule has 138 valence electrons. The van der Waals surface area contributed by atoms with Crippen LogP contribution in [0.25, 0.3) is 0 Å². The molecule has 5 heteroatoms. The van der Waals surface area contributed by atoms with Gasteiger partial charge >= 0.3 is 0 Å². The van der Waals surface area contributed by atoms with Gasteiger partial charge in [-0.05, 0) is 56.3 Å². The molecule has 0 radical (unpaired) electrons. The molecule has 0 spiro atoms. The number of carbonyl (C=O) groups is 1. The van der Waals surface area contributed by atoms with E-state index in [4.69, 9.17) is 4.74 Å². The summed E-state index contributed by atoms with van der Waals surface area (Å²) < 4.78 is 5.76. The van der Waals surface area contributed by atoms with Crippen LogP contribution in [0, 0.1) is 0 Å². The van der Waals surface area contributed by atoms with Crippen LogP contribution >= 0.6 is 0 Å². The molecule has 2 aromatic carbocycles. The lowest BCUT2D eigenvalue weighted by Gasteiger charge is -2.20. The molecule has 1 N–H and O–H groups in total. The molecule has 0 unspecified atom stereocenters. The van der Waals surface area contributed by atoms with Gasteiger partial charge in [0.1, 0.15) is 11.5 Å². The minimum absolute atomic E-state index is 0.187. The van der Waals surface area contributed by atoms with Crippen molar-refractivity contribution >= 4 is 17.3 Å². The third-order valence-corrected chi connectivity index (χ3v) is 4.21. The standard InChI is InChI=1S/C22H23N3O2/c1-3-25(4-2)19-14-17(15-23-16-19)22(26)24-18-10-12-21(13-11-18)27-20-8-6-5-7-9-20/h5-16H,3-4H2,1-2H3,(H,24,26). The number of hydrogen-bond acceptors (Lipinski definition) is 4. The zero-order valence-corrected chi connectivity index (χ0v) is 15.6. The molecule has 0 bridgehead atoms. The van der Waals surface area contributed by atoms with E-state index in [-0.39, 0.29) is 5.91 Å². The van der Waals surface area contributed by atoms with Crippen LogP contribution in [0.4, 0.5) is 11.4 Å². The number of nitrogens with one attached hydrogen (secondary N) is 1. The van der Waals surface area contributed by atoms with Crippen LogP contribution in [0.15, 0.2) is 73.1 Å². The molecule has 0 saturated carbocycles. The Morgan fingerprint density at radius 3 is 2.30 bits per heavy atom. The van der Waals surface area contributed by atoms with Crippen LogP contribution in [-0.2, 0) is 0 Å². The molecule has 0 fully saturated rings. The lowest BCUT2D eigenvalue weighted by atomic mass is 10.2. The van der Waals surface area contributed by atoms with Crippen LogP contribution in [0.1, 0.15) is 24.2 Å². The molecule has 5 nitrogen and oxygen atoms in total. The molecule has 1 aromatic heterocycles. The summed E-state index contributed by atoms with van der Waals surface area (Å²) in [5.41, 5.74) is 2.18. The summed E-state index contributed by atoms with van der Waals surface area (Å²) >= 11 is 0. The summed E-state index contributed by atoms with van der Waals surface area (Å²) in [4.78, 5) is 18.9. The zero-order valence-electron chi connectivity index (χ0n) is 15.6. The van der Waals surface area contributed by atoms with E-state index in [1.54, 1.807) is 12.4 Å². The van der Waals surface area contributed by atoms with Gasteiger partial charge in [-0.25, -0.2) is 0 Å². The number of para-hydroxylation sites is 1. The van der Waals surface area contributed by atoms with Gasteiger partial charge in [-0.3, -0.25) is 9.78 Å². The smallest absolute Gasteiger partial charge is 0.257 e. The van der Waals surface area contributed by atoms with E-state index in [0.29, 0.717) is 17.0 Å². The number of carbonyl (C=O) groups excluding carboxylic acids is 1. The van der Waals surface area contributed by atoms with Crippen molar-refractivity contribution in [2.75, 3.05) is 23.3 Å². The molecule has 0 aliphatic rings. The predicted octanol–water partition coefficient (Wildman–Crippen LogP) is 4.97. The largest absolute Gasteiger partial charge is 0.457 e. The number of hydrogen-bond donors (Lipinski definition) is 1. The minimum atomic E-state index is -0.187. The van der Waals surface area contributed by atoms with Gasteiger partial charge < -0.3 is 15.0 Å². The number of benzene rings is 2. The Kier molecular flexibility index (Phi) is 6.05. The van der Waals surface area contributed by atoms with Crippen LogP contribution in [-0.4, -0.2) is 24.0 Å². The SMILES string of the molecule is CCN(CC)c1cncc(C(=O)Nc2ccc(Oc3ccccc3)cc2)c1. The van der Waals surface area contributed by atoms with Gasteiger partial charge in [0.2, 0.25) is 0 Å². The first-order chi connectivity index (χ1) is 13.2. The number of rotatable bonds is 7. The van der Waals surface area contributed by atoms with E-state index < -0.39 is 0 Å². The van der Waals surface area contributed by atoms with Gasteiger partial charge in [-0.15, -0.1) is 0 Å². The van der Waals surface area contributed by atoms with Gasteiger partial charge in [0.05, 0.1) is 17.4 Å². The van der Waals surface area contributed by atoms with Gasteiger partial charge in [0, 0.05) is 25.0 Å². The second-order valence-electron chi connectivity index (χ2n) is 6.00. The lowest BCUT2D eigenvalue weighted by Crippen LogP contribution is -2.22. The third-order valence-electron chi connectivity index (χ3n) is 4.21.